The van der Waals surface area contributed by atoms with Crippen LogP contribution in [0, 0.1) is 0 Å². The minimum atomic E-state index is -5.53. The largest absolute Gasteiger partial charge is 0.516 e. The fraction of sp³-hybridized carbons (Fsp3) is 0.267. The Hall–Kier alpha value is -2.18. The standard InChI is InChI=1S/C15H12ClF3N4O3S2/c1-2-3-12-21-22-13(26-12)14-20-11(7-27-14)9-5-4-8(6-10(9)16)23-28(24,25)15(17,18)19/h4-7,23H,2-3H2,1H3. The average Bonchev–Trinajstić information content (AvgIpc) is 3.23. The molecule has 0 atom stereocenters. The summed E-state index contributed by atoms with van der Waals surface area (Å²) in [6.45, 7) is 1.98. The fourth-order valence-electron chi connectivity index (χ4n) is 2.15. The molecule has 3 aromatic rings. The Morgan fingerprint density at radius 3 is 2.68 bits per heavy atom. The van der Waals surface area contributed by atoms with Crippen molar-refractivity contribution >= 4 is 38.6 Å². The predicted molar refractivity (Wildman–Crippen MR) is 98.4 cm³/mol. The van der Waals surface area contributed by atoms with Crippen molar-refractivity contribution in [3.05, 3.63) is 34.5 Å². The summed E-state index contributed by atoms with van der Waals surface area (Å²) in [6.07, 6.45) is 1.50. The zero-order valence-corrected chi connectivity index (χ0v) is 16.5. The lowest BCUT2D eigenvalue weighted by atomic mass is 10.1. The quantitative estimate of drug-likeness (QED) is 0.580. The molecule has 2 heterocycles. The monoisotopic (exact) mass is 452 g/mol. The van der Waals surface area contributed by atoms with Gasteiger partial charge in [-0.25, -0.2) is 4.98 Å². The Morgan fingerprint density at radius 2 is 2.04 bits per heavy atom. The number of nitrogens with one attached hydrogen (secondary N) is 1. The summed E-state index contributed by atoms with van der Waals surface area (Å²) in [5, 5.41) is 9.99. The van der Waals surface area contributed by atoms with Crippen molar-refractivity contribution in [1.82, 2.24) is 15.2 Å². The Balaban J connectivity index is 1.84. The highest BCUT2D eigenvalue weighted by molar-refractivity contribution is 7.93. The fourth-order valence-corrected chi connectivity index (χ4v) is 3.72. The molecule has 7 nitrogen and oxygen atoms in total. The first-order valence-corrected chi connectivity index (χ1v) is 10.5. The van der Waals surface area contributed by atoms with E-state index in [9.17, 15) is 21.6 Å². The van der Waals surface area contributed by atoms with Crippen LogP contribution in [0.15, 0.2) is 28.0 Å². The van der Waals surface area contributed by atoms with E-state index in [1.807, 2.05) is 6.92 Å². The number of hydrogen-bond acceptors (Lipinski definition) is 7. The average molecular weight is 453 g/mol. The second kappa shape index (κ2) is 7.68. The van der Waals surface area contributed by atoms with Gasteiger partial charge in [-0.05, 0) is 24.6 Å². The van der Waals surface area contributed by atoms with E-state index in [1.165, 1.54) is 22.1 Å². The van der Waals surface area contributed by atoms with Crippen LogP contribution in [0.3, 0.4) is 0 Å². The third-order valence-electron chi connectivity index (χ3n) is 3.42. The number of aromatic nitrogens is 3. The van der Waals surface area contributed by atoms with Crippen molar-refractivity contribution < 1.29 is 26.0 Å². The maximum Gasteiger partial charge on any atom is 0.516 e. The molecule has 13 heteroatoms. The molecule has 0 aliphatic carbocycles. The van der Waals surface area contributed by atoms with Crippen molar-refractivity contribution in [1.29, 1.82) is 0 Å². The van der Waals surface area contributed by atoms with Gasteiger partial charge in [0.15, 0.2) is 5.01 Å². The number of sulfonamides is 1. The molecular weight excluding hydrogens is 441 g/mol. The van der Waals surface area contributed by atoms with Crippen LogP contribution in [0.1, 0.15) is 19.2 Å². The Labute approximate surface area is 166 Å². The third-order valence-corrected chi connectivity index (χ3v) is 5.68. The molecule has 2 aromatic heterocycles. The molecule has 3 rings (SSSR count). The lowest BCUT2D eigenvalue weighted by Crippen LogP contribution is -2.29. The summed E-state index contributed by atoms with van der Waals surface area (Å²) in [6, 6.07) is 3.60. The maximum atomic E-state index is 12.5. The zero-order valence-electron chi connectivity index (χ0n) is 14.1. The number of benzene rings is 1. The molecule has 0 fully saturated rings. The summed E-state index contributed by atoms with van der Waals surface area (Å²) in [4.78, 5) is 4.35. The van der Waals surface area contributed by atoms with E-state index < -0.39 is 15.5 Å². The summed E-state index contributed by atoms with van der Waals surface area (Å²) >= 11 is 7.33. The molecule has 1 aromatic carbocycles. The smallest absolute Gasteiger partial charge is 0.419 e. The van der Waals surface area contributed by atoms with Gasteiger partial charge in [-0.1, -0.05) is 18.5 Å². The van der Waals surface area contributed by atoms with Crippen LogP contribution in [0.5, 0.6) is 0 Å². The second-order valence-corrected chi connectivity index (χ2v) is 8.47. The molecule has 0 unspecified atom stereocenters. The number of alkyl halides is 3. The van der Waals surface area contributed by atoms with Gasteiger partial charge in [0.05, 0.1) is 16.4 Å². The number of rotatable bonds is 6. The van der Waals surface area contributed by atoms with Crippen LogP contribution in [0.2, 0.25) is 5.02 Å². The molecule has 150 valence electrons. The van der Waals surface area contributed by atoms with Crippen molar-refractivity contribution in [2.75, 3.05) is 4.72 Å². The van der Waals surface area contributed by atoms with Crippen LogP contribution >= 0.6 is 22.9 Å². The SMILES string of the molecule is CCCc1nnc(-c2nc(-c3ccc(NS(=O)(=O)C(F)(F)F)cc3Cl)cs2)o1. The first kappa shape index (κ1) is 20.6. The highest BCUT2D eigenvalue weighted by Crippen LogP contribution is 2.34. The molecule has 28 heavy (non-hydrogen) atoms. The van der Waals surface area contributed by atoms with Crippen molar-refractivity contribution in [3.63, 3.8) is 0 Å². The number of thiazole rings is 1. The molecule has 0 saturated heterocycles. The molecule has 0 aliphatic rings. The molecular formula is C15H12ClF3N4O3S2. The first-order valence-electron chi connectivity index (χ1n) is 7.78. The second-order valence-electron chi connectivity index (χ2n) is 5.53. The van der Waals surface area contributed by atoms with E-state index in [2.05, 4.69) is 15.2 Å². The molecule has 0 amide bonds. The van der Waals surface area contributed by atoms with Gasteiger partial charge in [0, 0.05) is 17.4 Å². The highest BCUT2D eigenvalue weighted by Gasteiger charge is 2.46. The molecule has 0 bridgehead atoms. The Morgan fingerprint density at radius 1 is 1.29 bits per heavy atom. The molecule has 0 aliphatic heterocycles. The third kappa shape index (κ3) is 4.28. The summed E-state index contributed by atoms with van der Waals surface area (Å²) < 4.78 is 66.7. The van der Waals surface area contributed by atoms with Gasteiger partial charge in [0.2, 0.25) is 5.89 Å². The Bertz CT molecular complexity index is 1100. The minimum absolute atomic E-state index is 0.0245. The van der Waals surface area contributed by atoms with E-state index in [-0.39, 0.29) is 16.6 Å². The van der Waals surface area contributed by atoms with Crippen LogP contribution in [0.4, 0.5) is 18.9 Å². The first-order chi connectivity index (χ1) is 13.1. The van der Waals surface area contributed by atoms with Crippen LogP contribution in [-0.4, -0.2) is 29.1 Å². The van der Waals surface area contributed by atoms with Crippen LogP contribution in [-0.2, 0) is 16.4 Å². The highest BCUT2D eigenvalue weighted by atomic mass is 35.5. The van der Waals surface area contributed by atoms with E-state index >= 15 is 0 Å². The molecule has 0 saturated carbocycles. The maximum absolute atomic E-state index is 12.5. The van der Waals surface area contributed by atoms with E-state index in [0.717, 1.165) is 18.6 Å². The van der Waals surface area contributed by atoms with Gasteiger partial charge in [-0.3, -0.25) is 4.72 Å². The summed E-state index contributed by atoms with van der Waals surface area (Å²) in [7, 11) is -5.53. The van der Waals surface area contributed by atoms with Gasteiger partial charge in [-0.15, -0.1) is 21.5 Å². The number of hydrogen-bond donors (Lipinski definition) is 1. The summed E-state index contributed by atoms with van der Waals surface area (Å²) in [5.74, 6) is 0.749. The van der Waals surface area contributed by atoms with Crippen molar-refractivity contribution in [2.45, 2.75) is 25.3 Å². The van der Waals surface area contributed by atoms with E-state index in [4.69, 9.17) is 16.0 Å². The molecule has 0 radical (unpaired) electrons. The number of halogens is 4. The van der Waals surface area contributed by atoms with Gasteiger partial charge in [-0.2, -0.15) is 21.6 Å². The lowest BCUT2D eigenvalue weighted by Gasteiger charge is -2.11. The van der Waals surface area contributed by atoms with Crippen molar-refractivity contribution in [2.24, 2.45) is 0 Å². The topological polar surface area (TPSA) is 98.0 Å². The van der Waals surface area contributed by atoms with Crippen LogP contribution in [0.25, 0.3) is 22.2 Å². The summed E-state index contributed by atoms with van der Waals surface area (Å²) in [5.41, 5.74) is -4.90. The van der Waals surface area contributed by atoms with Gasteiger partial charge in [0.1, 0.15) is 0 Å². The van der Waals surface area contributed by atoms with Gasteiger partial charge >= 0.3 is 15.5 Å². The lowest BCUT2D eigenvalue weighted by molar-refractivity contribution is -0.0429. The number of aryl methyl sites for hydroxylation is 1. The molecule has 0 spiro atoms. The molecule has 1 N–H and O–H groups in total. The Kier molecular flexibility index (Phi) is 5.64. The number of nitrogens with zero attached hydrogens (tertiary/aromatic N) is 3. The van der Waals surface area contributed by atoms with Gasteiger partial charge in [0.25, 0.3) is 5.89 Å². The van der Waals surface area contributed by atoms with E-state index in [1.54, 1.807) is 5.38 Å². The zero-order chi connectivity index (χ0) is 20.5. The van der Waals surface area contributed by atoms with Crippen molar-refractivity contribution in [3.8, 4) is 22.2 Å². The van der Waals surface area contributed by atoms with Gasteiger partial charge < -0.3 is 4.42 Å². The normalized spacial score (nSPS) is 12.3. The van der Waals surface area contributed by atoms with E-state index in [0.29, 0.717) is 28.6 Å². The van der Waals surface area contributed by atoms with Crippen LogP contribution < -0.4 is 4.72 Å². The predicted octanol–water partition coefficient (Wildman–Crippen LogP) is 4.73. The minimum Gasteiger partial charge on any atom is -0.419 e. The number of anilines is 1.